The molecule has 0 fully saturated rings. The Morgan fingerprint density at radius 3 is 1.58 bits per heavy atom. The van der Waals surface area contributed by atoms with Gasteiger partial charge in [-0.25, -0.2) is 4.57 Å². The molecule has 0 saturated carbocycles. The smallest absolute Gasteiger partial charge is 0.462 e. The van der Waals surface area contributed by atoms with Gasteiger partial charge in [0.15, 0.2) is 6.10 Å². The molecule has 0 rings (SSSR count). The number of ether oxygens (including phenoxy) is 2. The molecular formula is C44H73O10P. The highest BCUT2D eigenvalue weighted by atomic mass is 31.2. The Bertz CT molecular complexity index is 1190. The zero-order chi connectivity index (χ0) is 40.5. The number of phosphoric acid groups is 1. The predicted octanol–water partition coefficient (Wildman–Crippen LogP) is 10.7. The summed E-state index contributed by atoms with van der Waals surface area (Å²) in [4.78, 5) is 34.9. The van der Waals surface area contributed by atoms with E-state index in [1.165, 1.54) is 38.5 Å². The van der Waals surface area contributed by atoms with Crippen LogP contribution >= 0.6 is 7.82 Å². The normalized spacial score (nSPS) is 14.8. The first-order chi connectivity index (χ1) is 26.7. The van der Waals surface area contributed by atoms with Gasteiger partial charge in [-0.2, -0.15) is 0 Å². The minimum Gasteiger partial charge on any atom is -0.462 e. The van der Waals surface area contributed by atoms with Gasteiger partial charge in [-0.3, -0.25) is 18.6 Å². The van der Waals surface area contributed by atoms with Crippen molar-refractivity contribution in [2.24, 2.45) is 0 Å². The highest BCUT2D eigenvalue weighted by Gasteiger charge is 2.27. The number of allylic oxidation sites excluding steroid dienone is 14. The van der Waals surface area contributed by atoms with E-state index < -0.39 is 51.8 Å². The molecule has 3 N–H and O–H groups in total. The van der Waals surface area contributed by atoms with Crippen LogP contribution in [-0.2, 0) is 32.7 Å². The fraction of sp³-hybridized carbons (Fsp3) is 0.636. The van der Waals surface area contributed by atoms with E-state index in [-0.39, 0.29) is 19.4 Å². The standard InChI is InChI=1S/C44H73O10P/c1-3-5-7-9-11-13-15-17-18-19-20-21-22-24-26-28-30-32-34-36-44(48)54-42(40-53-55(49,50)52-38-41(46)37-45)39-51-43(47)35-33-31-29-27-25-23-16-14-12-10-8-6-4-2/h5,7,11,13,17-18,20-21,23-26,30,32,41-42,45-46H,3-4,6,8-10,12,14-16,19,22,27-29,31,33-40H2,1-2H3,(H,49,50)/b7-5+,13-11+,18-17+,21-20+,25-23+,26-24+,32-30+/t41-,42+/m0/s1. The van der Waals surface area contributed by atoms with Crippen molar-refractivity contribution in [3.05, 3.63) is 85.1 Å². The van der Waals surface area contributed by atoms with Gasteiger partial charge in [0, 0.05) is 12.8 Å². The molecule has 1 unspecified atom stereocenters. The Morgan fingerprint density at radius 2 is 1.04 bits per heavy atom. The van der Waals surface area contributed by atoms with E-state index in [9.17, 15) is 24.2 Å². The number of esters is 2. The fourth-order valence-corrected chi connectivity index (χ4v) is 5.68. The summed E-state index contributed by atoms with van der Waals surface area (Å²) < 4.78 is 32.5. The number of unbranched alkanes of at least 4 members (excludes halogenated alkanes) is 9. The van der Waals surface area contributed by atoms with E-state index in [4.69, 9.17) is 19.1 Å². The molecule has 0 aliphatic carbocycles. The minimum absolute atomic E-state index is 0.0516. The Labute approximate surface area is 332 Å². The van der Waals surface area contributed by atoms with Gasteiger partial charge < -0.3 is 24.6 Å². The molecule has 0 spiro atoms. The third-order valence-corrected chi connectivity index (χ3v) is 9.00. The quantitative estimate of drug-likeness (QED) is 0.0240. The summed E-state index contributed by atoms with van der Waals surface area (Å²) in [5.41, 5.74) is 0. The third-order valence-electron chi connectivity index (χ3n) is 8.05. The van der Waals surface area contributed by atoms with Crippen LogP contribution in [0.2, 0.25) is 0 Å². The van der Waals surface area contributed by atoms with Crippen molar-refractivity contribution in [1.29, 1.82) is 0 Å². The first-order valence-electron chi connectivity index (χ1n) is 20.5. The van der Waals surface area contributed by atoms with Gasteiger partial charge in [0.05, 0.1) is 19.8 Å². The Kier molecular flexibility index (Phi) is 37.3. The third kappa shape index (κ3) is 39.2. The van der Waals surface area contributed by atoms with Crippen molar-refractivity contribution < 1.29 is 47.8 Å². The minimum atomic E-state index is -4.64. The van der Waals surface area contributed by atoms with E-state index in [0.717, 1.165) is 64.2 Å². The second kappa shape index (κ2) is 39.4. The summed E-state index contributed by atoms with van der Waals surface area (Å²) in [6, 6.07) is 0. The molecule has 0 radical (unpaired) electrons. The predicted molar refractivity (Wildman–Crippen MR) is 223 cm³/mol. The second-order valence-electron chi connectivity index (χ2n) is 13.3. The molecule has 0 aliphatic rings. The average molecular weight is 793 g/mol. The van der Waals surface area contributed by atoms with Crippen molar-refractivity contribution in [2.45, 2.75) is 154 Å². The van der Waals surface area contributed by atoms with E-state index in [1.54, 1.807) is 0 Å². The number of phosphoric ester groups is 1. The summed E-state index contributed by atoms with van der Waals surface area (Å²) in [5, 5.41) is 18.3. The summed E-state index contributed by atoms with van der Waals surface area (Å²) in [5.74, 6) is -1.05. The monoisotopic (exact) mass is 792 g/mol. The number of aliphatic hydroxyl groups excluding tert-OH is 2. The van der Waals surface area contributed by atoms with Crippen LogP contribution in [0.3, 0.4) is 0 Å². The molecule has 55 heavy (non-hydrogen) atoms. The van der Waals surface area contributed by atoms with Gasteiger partial charge in [0.2, 0.25) is 0 Å². The van der Waals surface area contributed by atoms with Crippen LogP contribution in [-0.4, -0.2) is 65.7 Å². The topological polar surface area (TPSA) is 149 Å². The number of aliphatic hydroxyl groups is 2. The van der Waals surface area contributed by atoms with Crippen LogP contribution in [0.1, 0.15) is 142 Å². The first kappa shape index (κ1) is 52.2. The molecule has 0 aromatic rings. The number of hydrogen-bond acceptors (Lipinski definition) is 9. The van der Waals surface area contributed by atoms with Crippen LogP contribution in [0.15, 0.2) is 85.1 Å². The molecule has 0 aromatic carbocycles. The van der Waals surface area contributed by atoms with Crippen molar-refractivity contribution >= 4 is 19.8 Å². The lowest BCUT2D eigenvalue weighted by Crippen LogP contribution is -2.29. The van der Waals surface area contributed by atoms with E-state index >= 15 is 0 Å². The molecular weight excluding hydrogens is 719 g/mol. The van der Waals surface area contributed by atoms with Gasteiger partial charge in [-0.15, -0.1) is 0 Å². The average Bonchev–Trinajstić information content (AvgIpc) is 3.17. The lowest BCUT2D eigenvalue weighted by Gasteiger charge is -2.20. The fourth-order valence-electron chi connectivity index (χ4n) is 4.89. The van der Waals surface area contributed by atoms with Crippen molar-refractivity contribution in [3.63, 3.8) is 0 Å². The zero-order valence-corrected chi connectivity index (χ0v) is 34.7. The maximum absolute atomic E-state index is 12.6. The lowest BCUT2D eigenvalue weighted by molar-refractivity contribution is -0.161. The van der Waals surface area contributed by atoms with Gasteiger partial charge in [-0.1, -0.05) is 137 Å². The van der Waals surface area contributed by atoms with Gasteiger partial charge in [0.25, 0.3) is 0 Å². The number of carbonyl (C=O) groups excluding carboxylic acids is 2. The van der Waals surface area contributed by atoms with Gasteiger partial charge in [-0.05, 0) is 77.0 Å². The lowest BCUT2D eigenvalue weighted by atomic mass is 10.1. The molecule has 10 nitrogen and oxygen atoms in total. The molecule has 3 atom stereocenters. The molecule has 314 valence electrons. The van der Waals surface area contributed by atoms with E-state index in [0.29, 0.717) is 12.8 Å². The molecule has 11 heteroatoms. The molecule has 0 bridgehead atoms. The van der Waals surface area contributed by atoms with E-state index in [2.05, 4.69) is 91.3 Å². The Balaban J connectivity index is 4.51. The molecule has 0 aromatic heterocycles. The first-order valence-corrected chi connectivity index (χ1v) is 22.0. The van der Waals surface area contributed by atoms with Crippen LogP contribution in [0.5, 0.6) is 0 Å². The SMILES string of the molecule is CC/C=C/C/C=C/C/C=C/C/C=C/C/C=C/C/C=C/CCC(=O)O[C@H](COC(=O)CCCCC/C=C/CCCCCCCC)COP(=O)(O)OC[C@@H](O)CO. The maximum Gasteiger partial charge on any atom is 0.472 e. The van der Waals surface area contributed by atoms with Gasteiger partial charge >= 0.3 is 19.8 Å². The molecule has 0 aliphatic heterocycles. The second-order valence-corrected chi connectivity index (χ2v) is 14.7. The Morgan fingerprint density at radius 1 is 0.564 bits per heavy atom. The maximum atomic E-state index is 12.6. The molecule has 0 heterocycles. The number of rotatable bonds is 37. The summed E-state index contributed by atoms with van der Waals surface area (Å²) in [6.07, 6.45) is 45.7. The number of carbonyl (C=O) groups is 2. The highest BCUT2D eigenvalue weighted by molar-refractivity contribution is 7.47. The number of hydrogen-bond donors (Lipinski definition) is 3. The molecule has 0 amide bonds. The summed E-state index contributed by atoms with van der Waals surface area (Å²) >= 11 is 0. The van der Waals surface area contributed by atoms with Crippen LogP contribution in [0, 0.1) is 0 Å². The largest absolute Gasteiger partial charge is 0.472 e. The van der Waals surface area contributed by atoms with E-state index in [1.807, 2.05) is 12.2 Å². The van der Waals surface area contributed by atoms with Crippen LogP contribution in [0.4, 0.5) is 0 Å². The van der Waals surface area contributed by atoms with Crippen LogP contribution < -0.4 is 0 Å². The Hall–Kier alpha value is -2.85. The molecule has 0 saturated heterocycles. The summed E-state index contributed by atoms with van der Waals surface area (Å²) in [6.45, 7) is 2.13. The van der Waals surface area contributed by atoms with Crippen molar-refractivity contribution in [2.75, 3.05) is 26.4 Å². The van der Waals surface area contributed by atoms with Gasteiger partial charge in [0.1, 0.15) is 12.7 Å². The van der Waals surface area contributed by atoms with Crippen LogP contribution in [0.25, 0.3) is 0 Å². The van der Waals surface area contributed by atoms with Crippen molar-refractivity contribution in [1.82, 2.24) is 0 Å². The van der Waals surface area contributed by atoms with Crippen molar-refractivity contribution in [3.8, 4) is 0 Å². The summed E-state index contributed by atoms with van der Waals surface area (Å²) in [7, 11) is -4.64. The highest BCUT2D eigenvalue weighted by Crippen LogP contribution is 2.43. The zero-order valence-electron chi connectivity index (χ0n) is 33.9.